The van der Waals surface area contributed by atoms with Crippen molar-refractivity contribution in [2.75, 3.05) is 12.4 Å². The molecule has 0 saturated heterocycles. The van der Waals surface area contributed by atoms with Gasteiger partial charge in [-0.3, -0.25) is 9.89 Å². The van der Waals surface area contributed by atoms with E-state index in [1.54, 1.807) is 16.6 Å². The number of thioether (sulfide) groups is 1. The topological polar surface area (TPSA) is 72.3 Å². The zero-order valence-corrected chi connectivity index (χ0v) is 16.6. The average molecular weight is 413 g/mol. The summed E-state index contributed by atoms with van der Waals surface area (Å²) in [5.41, 5.74) is 2.39. The Balaban J connectivity index is 1.54. The lowest BCUT2D eigenvalue weighted by Crippen LogP contribution is -2.06. The van der Waals surface area contributed by atoms with Gasteiger partial charge >= 0.3 is 0 Å². The van der Waals surface area contributed by atoms with Crippen LogP contribution in [0.3, 0.4) is 0 Å². The molecular weight excluding hydrogens is 396 g/mol. The molecule has 4 rings (SSSR count). The number of halogens is 1. The van der Waals surface area contributed by atoms with Crippen molar-refractivity contribution in [1.82, 2.24) is 19.6 Å². The van der Waals surface area contributed by atoms with E-state index in [4.69, 9.17) is 16.3 Å². The van der Waals surface area contributed by atoms with Crippen molar-refractivity contribution in [1.29, 1.82) is 0 Å². The van der Waals surface area contributed by atoms with E-state index in [2.05, 4.69) is 15.1 Å². The third kappa shape index (κ3) is 4.21. The van der Waals surface area contributed by atoms with Gasteiger partial charge < -0.3 is 4.74 Å². The van der Waals surface area contributed by atoms with Gasteiger partial charge in [0.15, 0.2) is 16.6 Å². The third-order valence-electron chi connectivity index (χ3n) is 4.03. The fourth-order valence-corrected chi connectivity index (χ4v) is 3.53. The van der Waals surface area contributed by atoms with Gasteiger partial charge in [0.1, 0.15) is 5.75 Å². The Morgan fingerprint density at radius 3 is 2.61 bits per heavy atom. The molecule has 1 N–H and O–H groups in total. The quantitative estimate of drug-likeness (QED) is 0.379. The van der Waals surface area contributed by atoms with Crippen molar-refractivity contribution in [3.05, 3.63) is 75.5 Å². The van der Waals surface area contributed by atoms with Crippen molar-refractivity contribution < 1.29 is 4.74 Å². The summed E-state index contributed by atoms with van der Waals surface area (Å²) < 4.78 is 7.33. The highest BCUT2D eigenvalue weighted by molar-refractivity contribution is 7.99. The summed E-state index contributed by atoms with van der Waals surface area (Å²) in [6, 6.07) is 16.7. The SMILES string of the molecule is Cc1ccc(-c2nc(SCCOc3ccc(Cl)cc3)n3[nH]c(=O)cc3n2)cc1. The molecule has 4 aromatic rings. The maximum atomic E-state index is 11.8. The summed E-state index contributed by atoms with van der Waals surface area (Å²) in [6.07, 6.45) is 0. The lowest BCUT2D eigenvalue weighted by molar-refractivity contribution is 0.344. The van der Waals surface area contributed by atoms with Crippen molar-refractivity contribution in [3.8, 4) is 17.1 Å². The van der Waals surface area contributed by atoms with Crippen LogP contribution in [0.25, 0.3) is 17.0 Å². The summed E-state index contributed by atoms with van der Waals surface area (Å²) in [4.78, 5) is 20.9. The molecule has 0 aliphatic heterocycles. The summed E-state index contributed by atoms with van der Waals surface area (Å²) >= 11 is 7.37. The van der Waals surface area contributed by atoms with E-state index in [9.17, 15) is 4.79 Å². The molecule has 0 radical (unpaired) electrons. The first-order chi connectivity index (χ1) is 13.6. The smallest absolute Gasteiger partial charge is 0.266 e. The summed E-state index contributed by atoms with van der Waals surface area (Å²) in [7, 11) is 0. The molecule has 0 bridgehead atoms. The molecule has 0 fully saturated rings. The van der Waals surface area contributed by atoms with Crippen LogP contribution in [-0.4, -0.2) is 31.9 Å². The highest BCUT2D eigenvalue weighted by Crippen LogP contribution is 2.22. The van der Waals surface area contributed by atoms with Crippen LogP contribution >= 0.6 is 23.4 Å². The van der Waals surface area contributed by atoms with E-state index < -0.39 is 0 Å². The second kappa shape index (κ2) is 8.08. The molecule has 0 amide bonds. The van der Waals surface area contributed by atoms with E-state index in [1.807, 2.05) is 43.3 Å². The van der Waals surface area contributed by atoms with Crippen molar-refractivity contribution in [2.45, 2.75) is 12.1 Å². The molecule has 2 heterocycles. The molecule has 6 nitrogen and oxygen atoms in total. The molecule has 0 unspecified atom stereocenters. The van der Waals surface area contributed by atoms with E-state index in [-0.39, 0.29) is 5.56 Å². The summed E-state index contributed by atoms with van der Waals surface area (Å²) in [5.74, 6) is 2.00. The summed E-state index contributed by atoms with van der Waals surface area (Å²) in [5, 5.41) is 4.07. The van der Waals surface area contributed by atoms with E-state index in [0.717, 1.165) is 16.9 Å². The van der Waals surface area contributed by atoms with Crippen LogP contribution in [0.2, 0.25) is 5.02 Å². The van der Waals surface area contributed by atoms with Crippen LogP contribution in [0.1, 0.15) is 5.56 Å². The van der Waals surface area contributed by atoms with Crippen LogP contribution in [0.15, 0.2) is 64.5 Å². The van der Waals surface area contributed by atoms with Crippen LogP contribution < -0.4 is 10.3 Å². The number of H-pyrrole nitrogens is 1. The van der Waals surface area contributed by atoms with Gasteiger partial charge in [-0.2, -0.15) is 0 Å². The number of ether oxygens (including phenoxy) is 1. The number of aryl methyl sites for hydroxylation is 1. The molecule has 0 spiro atoms. The lowest BCUT2D eigenvalue weighted by Gasteiger charge is -2.09. The highest BCUT2D eigenvalue weighted by atomic mass is 35.5. The highest BCUT2D eigenvalue weighted by Gasteiger charge is 2.11. The van der Waals surface area contributed by atoms with Gasteiger partial charge in [0.25, 0.3) is 5.56 Å². The Kier molecular flexibility index (Phi) is 5.36. The van der Waals surface area contributed by atoms with Crippen LogP contribution in [-0.2, 0) is 0 Å². The number of benzene rings is 2. The second-order valence-electron chi connectivity index (χ2n) is 6.16. The zero-order chi connectivity index (χ0) is 19.5. The number of aromatic nitrogens is 4. The molecule has 0 aliphatic carbocycles. The number of hydrogen-bond donors (Lipinski definition) is 1. The number of hydrogen-bond acceptors (Lipinski definition) is 5. The first-order valence-corrected chi connectivity index (χ1v) is 10.0. The maximum absolute atomic E-state index is 11.8. The number of nitrogens with one attached hydrogen (secondary N) is 1. The number of rotatable bonds is 6. The molecule has 0 atom stereocenters. The zero-order valence-electron chi connectivity index (χ0n) is 15.1. The fraction of sp³-hybridized carbons (Fsp3) is 0.150. The molecule has 142 valence electrons. The van der Waals surface area contributed by atoms with Gasteiger partial charge in [0.2, 0.25) is 0 Å². The minimum Gasteiger partial charge on any atom is -0.493 e. The standard InChI is InChI=1S/C20H17ClN4O2S/c1-13-2-4-14(5-3-13)19-22-17-12-18(26)24-25(17)20(23-19)28-11-10-27-16-8-6-15(21)7-9-16/h2-9,12H,10-11H2,1H3,(H,24,26). The second-order valence-corrected chi connectivity index (χ2v) is 7.66. The van der Waals surface area contributed by atoms with E-state index >= 15 is 0 Å². The average Bonchev–Trinajstić information content (AvgIpc) is 3.07. The van der Waals surface area contributed by atoms with Gasteiger partial charge in [-0.15, -0.1) is 0 Å². The lowest BCUT2D eigenvalue weighted by atomic mass is 10.1. The van der Waals surface area contributed by atoms with Gasteiger partial charge in [-0.05, 0) is 31.2 Å². The number of aromatic amines is 1. The van der Waals surface area contributed by atoms with Crippen molar-refractivity contribution in [2.24, 2.45) is 0 Å². The third-order valence-corrected chi connectivity index (χ3v) is 5.19. The fourth-order valence-electron chi connectivity index (χ4n) is 2.64. The number of fused-ring (bicyclic) bond motifs is 1. The molecule has 0 saturated carbocycles. The first kappa shape index (κ1) is 18.6. The Bertz CT molecular complexity index is 1150. The Hall–Kier alpha value is -2.77. The van der Waals surface area contributed by atoms with Crippen molar-refractivity contribution in [3.63, 3.8) is 0 Å². The van der Waals surface area contributed by atoms with Crippen LogP contribution in [0, 0.1) is 6.92 Å². The molecule has 2 aromatic carbocycles. The predicted molar refractivity (Wildman–Crippen MR) is 111 cm³/mol. The Morgan fingerprint density at radius 2 is 1.86 bits per heavy atom. The summed E-state index contributed by atoms with van der Waals surface area (Å²) in [6.45, 7) is 2.52. The van der Waals surface area contributed by atoms with Gasteiger partial charge in [0, 0.05) is 22.4 Å². The molecule has 8 heteroatoms. The van der Waals surface area contributed by atoms with Gasteiger partial charge in [0.05, 0.1) is 6.61 Å². The van der Waals surface area contributed by atoms with Crippen molar-refractivity contribution >= 4 is 29.0 Å². The maximum Gasteiger partial charge on any atom is 0.266 e. The Morgan fingerprint density at radius 1 is 1.11 bits per heavy atom. The largest absolute Gasteiger partial charge is 0.493 e. The monoisotopic (exact) mass is 412 g/mol. The number of nitrogens with zero attached hydrogens (tertiary/aromatic N) is 3. The van der Waals surface area contributed by atoms with Crippen LogP contribution in [0.4, 0.5) is 0 Å². The first-order valence-electron chi connectivity index (χ1n) is 8.66. The Labute approximate surface area is 170 Å². The minimum atomic E-state index is -0.213. The molecule has 28 heavy (non-hydrogen) atoms. The molecule has 0 aliphatic rings. The minimum absolute atomic E-state index is 0.213. The molecule has 2 aromatic heterocycles. The van der Waals surface area contributed by atoms with E-state index in [0.29, 0.717) is 34.0 Å². The normalized spacial score (nSPS) is 11.1. The van der Waals surface area contributed by atoms with Gasteiger partial charge in [-0.1, -0.05) is 53.2 Å². The van der Waals surface area contributed by atoms with E-state index in [1.165, 1.54) is 17.8 Å². The predicted octanol–water partition coefficient (Wildman–Crippen LogP) is 4.22. The van der Waals surface area contributed by atoms with Crippen LogP contribution in [0.5, 0.6) is 5.75 Å². The molecular formula is C20H17ClN4O2S. The van der Waals surface area contributed by atoms with Gasteiger partial charge in [-0.25, -0.2) is 14.5 Å².